The van der Waals surface area contributed by atoms with Crippen LogP contribution in [0.15, 0.2) is 42.7 Å². The molecule has 0 spiro atoms. The number of ether oxygens (including phenoxy) is 1. The monoisotopic (exact) mass is 391 g/mol. The molecule has 0 bridgehead atoms. The van der Waals surface area contributed by atoms with Gasteiger partial charge in [0.05, 0.1) is 24.6 Å². The lowest BCUT2D eigenvalue weighted by molar-refractivity contribution is 0.122. The van der Waals surface area contributed by atoms with Crippen molar-refractivity contribution in [1.82, 2.24) is 29.4 Å². The average molecular weight is 391 g/mol. The molecule has 0 atom stereocenters. The Morgan fingerprint density at radius 3 is 2.59 bits per heavy atom. The van der Waals surface area contributed by atoms with Crippen LogP contribution in [0.25, 0.3) is 22.7 Å². The second-order valence-corrected chi connectivity index (χ2v) is 6.87. The Morgan fingerprint density at radius 2 is 1.86 bits per heavy atom. The van der Waals surface area contributed by atoms with E-state index in [1.165, 1.54) is 4.68 Å². The molecule has 0 amide bonds. The lowest BCUT2D eigenvalue weighted by atomic mass is 10.2. The van der Waals surface area contributed by atoms with Crippen LogP contribution in [-0.2, 0) is 11.2 Å². The molecule has 9 heteroatoms. The largest absolute Gasteiger partial charge is 0.493 e. The number of hydrogen-bond donors (Lipinski definition) is 1. The highest BCUT2D eigenvalue weighted by Crippen LogP contribution is 2.26. The Labute approximate surface area is 167 Å². The van der Waals surface area contributed by atoms with Gasteiger partial charge in [0.15, 0.2) is 11.5 Å². The summed E-state index contributed by atoms with van der Waals surface area (Å²) in [6.45, 7) is 4.83. The molecular weight excluding hydrogens is 370 g/mol. The number of fused-ring (bicyclic) bond motifs is 1. The van der Waals surface area contributed by atoms with E-state index in [1.54, 1.807) is 18.5 Å². The molecule has 0 aromatic carbocycles. The van der Waals surface area contributed by atoms with Crippen molar-refractivity contribution in [3.63, 3.8) is 0 Å². The number of aryl methyl sites for hydroxylation is 1. The third-order valence-electron chi connectivity index (χ3n) is 5.03. The molecule has 148 valence electrons. The highest BCUT2D eigenvalue weighted by atomic mass is 16.5. The molecule has 5 heterocycles. The van der Waals surface area contributed by atoms with Crippen molar-refractivity contribution < 1.29 is 9.84 Å². The molecule has 9 nitrogen and oxygen atoms in total. The fourth-order valence-electron chi connectivity index (χ4n) is 3.50. The minimum Gasteiger partial charge on any atom is -0.493 e. The van der Waals surface area contributed by atoms with Crippen LogP contribution in [0.4, 0.5) is 5.82 Å². The van der Waals surface area contributed by atoms with Crippen molar-refractivity contribution in [2.75, 3.05) is 31.2 Å². The molecule has 1 aliphatic rings. The number of rotatable bonds is 4. The van der Waals surface area contributed by atoms with Crippen LogP contribution < -0.4 is 4.90 Å². The Balaban J connectivity index is 1.69. The van der Waals surface area contributed by atoms with Crippen molar-refractivity contribution in [3.05, 3.63) is 48.4 Å². The molecule has 29 heavy (non-hydrogen) atoms. The zero-order chi connectivity index (χ0) is 19.8. The van der Waals surface area contributed by atoms with Gasteiger partial charge in [-0.25, -0.2) is 4.98 Å². The molecule has 4 aromatic rings. The van der Waals surface area contributed by atoms with Crippen molar-refractivity contribution in [1.29, 1.82) is 0 Å². The van der Waals surface area contributed by atoms with Crippen molar-refractivity contribution in [2.24, 2.45) is 0 Å². The van der Waals surface area contributed by atoms with E-state index in [1.807, 2.05) is 35.7 Å². The molecule has 1 saturated heterocycles. The van der Waals surface area contributed by atoms with E-state index in [0.717, 1.165) is 42.3 Å². The smallest absolute Gasteiger partial charge is 0.215 e. The maximum absolute atomic E-state index is 10.4. The van der Waals surface area contributed by atoms with Crippen LogP contribution in [0.3, 0.4) is 0 Å². The number of pyridine rings is 1. The third-order valence-corrected chi connectivity index (χ3v) is 5.03. The van der Waals surface area contributed by atoms with Crippen LogP contribution in [0.1, 0.15) is 12.6 Å². The quantitative estimate of drug-likeness (QED) is 0.569. The van der Waals surface area contributed by atoms with E-state index < -0.39 is 0 Å². The molecule has 0 aliphatic carbocycles. The normalized spacial score (nSPS) is 14.6. The number of morpholine rings is 1. The predicted octanol–water partition coefficient (Wildman–Crippen LogP) is 2.08. The van der Waals surface area contributed by atoms with Gasteiger partial charge in [-0.1, -0.05) is 6.92 Å². The average Bonchev–Trinajstić information content (AvgIpc) is 3.37. The van der Waals surface area contributed by atoms with Crippen LogP contribution in [-0.4, -0.2) is 60.8 Å². The van der Waals surface area contributed by atoms with E-state index in [0.29, 0.717) is 24.7 Å². The van der Waals surface area contributed by atoms with Gasteiger partial charge in [-0.2, -0.15) is 19.4 Å². The molecule has 1 N–H and O–H groups in total. The van der Waals surface area contributed by atoms with E-state index in [9.17, 15) is 5.11 Å². The maximum atomic E-state index is 10.4. The topological polar surface area (TPSA) is 93.6 Å². The summed E-state index contributed by atoms with van der Waals surface area (Å²) in [4.78, 5) is 11.0. The van der Waals surface area contributed by atoms with Gasteiger partial charge in [-0.15, -0.1) is 0 Å². The summed E-state index contributed by atoms with van der Waals surface area (Å²) < 4.78 is 8.82. The minimum absolute atomic E-state index is 0.0699. The summed E-state index contributed by atoms with van der Waals surface area (Å²) >= 11 is 0. The fourth-order valence-corrected chi connectivity index (χ4v) is 3.50. The fraction of sp³-hybridized carbons (Fsp3) is 0.300. The second-order valence-electron chi connectivity index (χ2n) is 6.87. The zero-order valence-electron chi connectivity index (χ0n) is 16.1. The highest BCUT2D eigenvalue weighted by molar-refractivity contribution is 5.66. The molecule has 5 rings (SSSR count). The summed E-state index contributed by atoms with van der Waals surface area (Å²) in [5, 5.41) is 19.6. The van der Waals surface area contributed by atoms with Crippen LogP contribution in [0.2, 0.25) is 0 Å². The number of hydrogen-bond acceptors (Lipinski definition) is 7. The molecule has 4 aromatic heterocycles. The molecule has 0 radical (unpaired) electrons. The summed E-state index contributed by atoms with van der Waals surface area (Å²) in [7, 11) is 0. The summed E-state index contributed by atoms with van der Waals surface area (Å²) in [6.07, 6.45) is 4.22. The molecular formula is C20H21N7O2. The van der Waals surface area contributed by atoms with Gasteiger partial charge in [0.1, 0.15) is 5.82 Å². The summed E-state index contributed by atoms with van der Waals surface area (Å²) in [6, 6.07) is 9.35. The Hall–Kier alpha value is -3.46. The van der Waals surface area contributed by atoms with Crippen LogP contribution in [0.5, 0.6) is 5.88 Å². The minimum atomic E-state index is 0.0699. The van der Waals surface area contributed by atoms with Crippen LogP contribution >= 0.6 is 0 Å². The predicted molar refractivity (Wildman–Crippen MR) is 107 cm³/mol. The second kappa shape index (κ2) is 7.17. The first-order valence-electron chi connectivity index (χ1n) is 9.65. The SMILES string of the molecule is CCc1cc(O)n(-c2cc(N3CCOCC3)n3nc(-c4ccncc4)cc3n2)n1. The van der Waals surface area contributed by atoms with Crippen molar-refractivity contribution >= 4 is 11.5 Å². The first kappa shape index (κ1) is 17.6. The molecule has 0 saturated carbocycles. The first-order chi connectivity index (χ1) is 14.2. The van der Waals surface area contributed by atoms with Crippen molar-refractivity contribution in [3.8, 4) is 23.0 Å². The number of aromatic hydroxyl groups is 1. The number of aromatic nitrogens is 6. The number of anilines is 1. The van der Waals surface area contributed by atoms with Crippen molar-refractivity contribution in [2.45, 2.75) is 13.3 Å². The lowest BCUT2D eigenvalue weighted by Gasteiger charge is -2.29. The summed E-state index contributed by atoms with van der Waals surface area (Å²) in [5.41, 5.74) is 3.27. The maximum Gasteiger partial charge on any atom is 0.215 e. The lowest BCUT2D eigenvalue weighted by Crippen LogP contribution is -2.37. The van der Waals surface area contributed by atoms with E-state index >= 15 is 0 Å². The summed E-state index contributed by atoms with van der Waals surface area (Å²) in [5.74, 6) is 1.51. The Kier molecular flexibility index (Phi) is 4.36. The van der Waals surface area contributed by atoms with Crippen LogP contribution in [0, 0.1) is 0 Å². The van der Waals surface area contributed by atoms with Gasteiger partial charge in [0.2, 0.25) is 5.88 Å². The molecule has 1 fully saturated rings. The molecule has 1 aliphatic heterocycles. The van der Waals surface area contributed by atoms with E-state index in [-0.39, 0.29) is 5.88 Å². The van der Waals surface area contributed by atoms with Gasteiger partial charge < -0.3 is 14.7 Å². The van der Waals surface area contributed by atoms with Gasteiger partial charge in [0, 0.05) is 49.2 Å². The standard InChI is InChI=1S/C20H21N7O2/c1-2-15-11-20(28)27(23-15)18-13-19(25-7-9-29-10-8-25)26-17(22-18)12-16(24-26)14-3-5-21-6-4-14/h3-6,11-13,28H,2,7-10H2,1H3. The first-order valence-corrected chi connectivity index (χ1v) is 9.65. The van der Waals surface area contributed by atoms with Gasteiger partial charge in [0.25, 0.3) is 0 Å². The van der Waals surface area contributed by atoms with Gasteiger partial charge in [-0.05, 0) is 18.6 Å². The third kappa shape index (κ3) is 3.19. The molecule has 0 unspecified atom stereocenters. The Bertz CT molecular complexity index is 1150. The zero-order valence-corrected chi connectivity index (χ0v) is 16.1. The Morgan fingerprint density at radius 1 is 1.07 bits per heavy atom. The van der Waals surface area contributed by atoms with E-state index in [2.05, 4.69) is 15.0 Å². The number of nitrogens with zero attached hydrogens (tertiary/aromatic N) is 7. The highest BCUT2D eigenvalue weighted by Gasteiger charge is 2.20. The van der Waals surface area contributed by atoms with Gasteiger partial charge in [-0.3, -0.25) is 4.98 Å². The van der Waals surface area contributed by atoms with Gasteiger partial charge >= 0.3 is 0 Å². The van der Waals surface area contributed by atoms with E-state index in [4.69, 9.17) is 14.8 Å².